The number of benzene rings is 1. The van der Waals surface area contributed by atoms with Gasteiger partial charge < -0.3 is 5.32 Å². The van der Waals surface area contributed by atoms with E-state index in [1.165, 1.54) is 51.0 Å². The van der Waals surface area contributed by atoms with Crippen LogP contribution in [0.5, 0.6) is 0 Å². The summed E-state index contributed by atoms with van der Waals surface area (Å²) in [6.45, 7) is 7.21. The zero-order valence-corrected chi connectivity index (χ0v) is 12.1. The predicted molar refractivity (Wildman–Crippen MR) is 80.6 cm³/mol. The molecule has 2 saturated heterocycles. The van der Waals surface area contributed by atoms with Crippen molar-refractivity contribution < 1.29 is 0 Å². The first-order chi connectivity index (χ1) is 9.36. The Bertz CT molecular complexity index is 384. The second kappa shape index (κ2) is 6.06. The van der Waals surface area contributed by atoms with Gasteiger partial charge in [-0.25, -0.2) is 0 Å². The Hall–Kier alpha value is -0.860. The van der Waals surface area contributed by atoms with Gasteiger partial charge in [-0.2, -0.15) is 0 Å². The van der Waals surface area contributed by atoms with E-state index >= 15 is 0 Å². The molecule has 2 aliphatic heterocycles. The number of likely N-dealkylation sites (tertiary alicyclic amines) is 1. The average molecular weight is 258 g/mol. The molecule has 2 heterocycles. The molecule has 2 fully saturated rings. The standard InChI is InChI=1S/C17H26N2/c1-2-14-3-5-15(6-4-14)16-8-11-19(12-9-16)17-7-10-18-13-17/h3-6,16-18H,2,7-13H2,1H3. The molecule has 0 bridgehead atoms. The van der Waals surface area contributed by atoms with Crippen molar-refractivity contribution in [2.45, 2.75) is 44.6 Å². The minimum Gasteiger partial charge on any atom is -0.315 e. The summed E-state index contributed by atoms with van der Waals surface area (Å²) in [6.07, 6.45) is 5.16. The van der Waals surface area contributed by atoms with Gasteiger partial charge in [-0.05, 0) is 62.4 Å². The van der Waals surface area contributed by atoms with Crippen LogP contribution in [0.2, 0.25) is 0 Å². The number of hydrogen-bond donors (Lipinski definition) is 1. The highest BCUT2D eigenvalue weighted by atomic mass is 15.2. The molecule has 19 heavy (non-hydrogen) atoms. The summed E-state index contributed by atoms with van der Waals surface area (Å²) < 4.78 is 0. The fourth-order valence-corrected chi connectivity index (χ4v) is 3.57. The maximum Gasteiger partial charge on any atom is 0.0232 e. The van der Waals surface area contributed by atoms with Crippen molar-refractivity contribution in [3.05, 3.63) is 35.4 Å². The predicted octanol–water partition coefficient (Wildman–Crippen LogP) is 2.79. The van der Waals surface area contributed by atoms with E-state index in [0.29, 0.717) is 0 Å². The van der Waals surface area contributed by atoms with E-state index in [4.69, 9.17) is 0 Å². The normalized spacial score (nSPS) is 25.8. The molecule has 1 atom stereocenters. The molecule has 0 saturated carbocycles. The quantitative estimate of drug-likeness (QED) is 0.897. The van der Waals surface area contributed by atoms with Crippen molar-refractivity contribution in [3.63, 3.8) is 0 Å². The van der Waals surface area contributed by atoms with E-state index in [1.54, 1.807) is 5.56 Å². The van der Waals surface area contributed by atoms with E-state index < -0.39 is 0 Å². The average Bonchev–Trinajstić information content (AvgIpc) is 3.02. The van der Waals surface area contributed by atoms with Gasteiger partial charge in [-0.15, -0.1) is 0 Å². The number of hydrogen-bond acceptors (Lipinski definition) is 2. The molecular weight excluding hydrogens is 232 g/mol. The van der Waals surface area contributed by atoms with Crippen molar-refractivity contribution >= 4 is 0 Å². The lowest BCUT2D eigenvalue weighted by Crippen LogP contribution is -2.42. The molecule has 1 aromatic carbocycles. The Morgan fingerprint density at radius 2 is 1.84 bits per heavy atom. The van der Waals surface area contributed by atoms with Crippen LogP contribution >= 0.6 is 0 Å². The van der Waals surface area contributed by atoms with Crippen molar-refractivity contribution in [2.75, 3.05) is 26.2 Å². The summed E-state index contributed by atoms with van der Waals surface area (Å²) in [5.74, 6) is 0.788. The Morgan fingerprint density at radius 3 is 2.42 bits per heavy atom. The van der Waals surface area contributed by atoms with Crippen LogP contribution < -0.4 is 5.32 Å². The van der Waals surface area contributed by atoms with Crippen molar-refractivity contribution in [2.24, 2.45) is 0 Å². The highest BCUT2D eigenvalue weighted by Crippen LogP contribution is 2.29. The van der Waals surface area contributed by atoms with Gasteiger partial charge in [0, 0.05) is 12.6 Å². The van der Waals surface area contributed by atoms with Gasteiger partial charge in [0.15, 0.2) is 0 Å². The third kappa shape index (κ3) is 3.01. The maximum atomic E-state index is 3.48. The molecule has 0 spiro atoms. The zero-order chi connectivity index (χ0) is 13.1. The number of nitrogens with zero attached hydrogens (tertiary/aromatic N) is 1. The highest BCUT2D eigenvalue weighted by Gasteiger charge is 2.27. The first-order valence-electron chi connectivity index (χ1n) is 7.90. The third-order valence-electron chi connectivity index (χ3n) is 4.94. The molecule has 1 aromatic rings. The smallest absolute Gasteiger partial charge is 0.0232 e. The highest BCUT2D eigenvalue weighted by molar-refractivity contribution is 5.25. The maximum absolute atomic E-state index is 3.48. The van der Waals surface area contributed by atoms with Gasteiger partial charge >= 0.3 is 0 Å². The molecule has 2 heteroatoms. The summed E-state index contributed by atoms with van der Waals surface area (Å²) in [4.78, 5) is 2.71. The minimum atomic E-state index is 0.788. The van der Waals surface area contributed by atoms with Crippen LogP contribution in [0, 0.1) is 0 Å². The molecule has 104 valence electrons. The molecule has 0 aromatic heterocycles. The van der Waals surface area contributed by atoms with E-state index in [-0.39, 0.29) is 0 Å². The summed E-state index contributed by atoms with van der Waals surface area (Å²) in [5, 5.41) is 3.48. The zero-order valence-electron chi connectivity index (χ0n) is 12.1. The van der Waals surface area contributed by atoms with Gasteiger partial charge in [0.05, 0.1) is 0 Å². The lowest BCUT2D eigenvalue weighted by atomic mass is 9.88. The number of rotatable bonds is 3. The van der Waals surface area contributed by atoms with E-state index in [1.807, 2.05) is 0 Å². The molecule has 2 nitrogen and oxygen atoms in total. The van der Waals surface area contributed by atoms with Crippen molar-refractivity contribution in [1.82, 2.24) is 10.2 Å². The first kappa shape index (κ1) is 13.1. The van der Waals surface area contributed by atoms with Crippen LogP contribution in [-0.4, -0.2) is 37.1 Å². The van der Waals surface area contributed by atoms with Crippen LogP contribution in [0.1, 0.15) is 43.2 Å². The Balaban J connectivity index is 1.56. The molecule has 2 aliphatic rings. The third-order valence-corrected chi connectivity index (χ3v) is 4.94. The van der Waals surface area contributed by atoms with Crippen LogP contribution in [0.25, 0.3) is 0 Å². The number of piperidine rings is 1. The van der Waals surface area contributed by atoms with Gasteiger partial charge in [-0.1, -0.05) is 31.2 Å². The molecule has 1 N–H and O–H groups in total. The summed E-state index contributed by atoms with van der Waals surface area (Å²) in [6, 6.07) is 10.1. The summed E-state index contributed by atoms with van der Waals surface area (Å²) in [7, 11) is 0. The Morgan fingerprint density at radius 1 is 1.11 bits per heavy atom. The fourth-order valence-electron chi connectivity index (χ4n) is 3.57. The van der Waals surface area contributed by atoms with Crippen molar-refractivity contribution in [1.29, 1.82) is 0 Å². The lowest BCUT2D eigenvalue weighted by Gasteiger charge is -2.35. The summed E-state index contributed by atoms with van der Waals surface area (Å²) >= 11 is 0. The summed E-state index contributed by atoms with van der Waals surface area (Å²) in [5.41, 5.74) is 3.01. The van der Waals surface area contributed by atoms with Gasteiger partial charge in [-0.3, -0.25) is 4.90 Å². The van der Waals surface area contributed by atoms with E-state index in [0.717, 1.165) is 18.4 Å². The van der Waals surface area contributed by atoms with Crippen molar-refractivity contribution in [3.8, 4) is 0 Å². The minimum absolute atomic E-state index is 0.788. The molecule has 3 rings (SSSR count). The van der Waals surface area contributed by atoms with E-state index in [9.17, 15) is 0 Å². The first-order valence-corrected chi connectivity index (χ1v) is 7.90. The van der Waals surface area contributed by atoms with Crippen LogP contribution in [0.3, 0.4) is 0 Å². The van der Waals surface area contributed by atoms with Crippen LogP contribution in [-0.2, 0) is 6.42 Å². The van der Waals surface area contributed by atoms with Gasteiger partial charge in [0.25, 0.3) is 0 Å². The molecule has 0 amide bonds. The Kier molecular flexibility index (Phi) is 4.19. The van der Waals surface area contributed by atoms with Gasteiger partial charge in [0.1, 0.15) is 0 Å². The molecule has 0 radical (unpaired) electrons. The topological polar surface area (TPSA) is 15.3 Å². The molecule has 1 unspecified atom stereocenters. The largest absolute Gasteiger partial charge is 0.315 e. The molecule has 0 aliphatic carbocycles. The van der Waals surface area contributed by atoms with E-state index in [2.05, 4.69) is 41.4 Å². The second-order valence-electron chi connectivity index (χ2n) is 6.05. The Labute approximate surface area is 117 Å². The second-order valence-corrected chi connectivity index (χ2v) is 6.05. The SMILES string of the molecule is CCc1ccc(C2CCN(C3CCNC3)CC2)cc1. The van der Waals surface area contributed by atoms with Crippen LogP contribution in [0.15, 0.2) is 24.3 Å². The molecular formula is C17H26N2. The van der Waals surface area contributed by atoms with Crippen LogP contribution in [0.4, 0.5) is 0 Å². The number of aryl methyl sites for hydroxylation is 1. The van der Waals surface area contributed by atoms with Gasteiger partial charge in [0.2, 0.25) is 0 Å². The monoisotopic (exact) mass is 258 g/mol. The fraction of sp³-hybridized carbons (Fsp3) is 0.647. The lowest BCUT2D eigenvalue weighted by molar-refractivity contribution is 0.161. The number of nitrogens with one attached hydrogen (secondary N) is 1.